The van der Waals surface area contributed by atoms with Crippen molar-refractivity contribution in [3.05, 3.63) is 217 Å². The van der Waals surface area contributed by atoms with E-state index in [1.54, 1.807) is 18.2 Å². The van der Waals surface area contributed by atoms with E-state index in [0.29, 0.717) is 40.6 Å². The van der Waals surface area contributed by atoms with E-state index in [1.807, 2.05) is 143 Å². The first-order chi connectivity index (χ1) is 36.3. The zero-order valence-electron chi connectivity index (χ0n) is 43.7. The molecule has 0 spiro atoms. The molecule has 10 aromatic rings. The molecular weight excluding hydrogens is 909 g/mol. The second kappa shape index (κ2) is 27.3. The van der Waals surface area contributed by atoms with Gasteiger partial charge in [0.2, 0.25) is 0 Å². The summed E-state index contributed by atoms with van der Waals surface area (Å²) in [5.74, 6) is 3.19. The summed E-state index contributed by atoms with van der Waals surface area (Å²) >= 11 is 0. The van der Waals surface area contributed by atoms with Gasteiger partial charge in [-0.25, -0.2) is 0 Å². The first-order valence-electron chi connectivity index (χ1n) is 27.0. The maximum atomic E-state index is 10.1. The summed E-state index contributed by atoms with van der Waals surface area (Å²) in [6.07, 6.45) is 15.8. The molecule has 74 heavy (non-hydrogen) atoms. The lowest BCUT2D eigenvalue weighted by molar-refractivity contribution is 0.462. The van der Waals surface area contributed by atoms with Crippen molar-refractivity contribution in [3.63, 3.8) is 0 Å². The fourth-order valence-corrected chi connectivity index (χ4v) is 10.8. The van der Waals surface area contributed by atoms with Gasteiger partial charge in [0.1, 0.15) is 28.7 Å². The Labute approximate surface area is 438 Å². The lowest BCUT2D eigenvalue weighted by Gasteiger charge is -2.14. The molecule has 0 unspecified atom stereocenters. The summed E-state index contributed by atoms with van der Waals surface area (Å²) < 4.78 is 0. The highest BCUT2D eigenvalue weighted by Crippen LogP contribution is 2.44. The van der Waals surface area contributed by atoms with Gasteiger partial charge in [-0.05, 0) is 136 Å². The Morgan fingerprint density at radius 3 is 1.00 bits per heavy atom. The van der Waals surface area contributed by atoms with Crippen molar-refractivity contribution in [3.8, 4) is 28.7 Å². The second-order valence-corrected chi connectivity index (χ2v) is 18.7. The van der Waals surface area contributed by atoms with Crippen LogP contribution in [-0.4, -0.2) is 25.5 Å². The molecule has 5 heteroatoms. The molecule has 0 bridgehead atoms. The molecule has 3 aliphatic carbocycles. The molecule has 5 nitrogen and oxygen atoms in total. The molecule has 0 amide bonds. The van der Waals surface area contributed by atoms with Gasteiger partial charge >= 0.3 is 0 Å². The Bertz CT molecular complexity index is 3210. The maximum Gasteiger partial charge on any atom is 0.123 e. The van der Waals surface area contributed by atoms with Crippen LogP contribution < -0.4 is 0 Å². The topological polar surface area (TPSA) is 101 Å². The molecule has 3 aliphatic rings. The molecule has 0 radical (unpaired) electrons. The first kappa shape index (κ1) is 54.0. The third-order valence-electron chi connectivity index (χ3n) is 14.2. The maximum absolute atomic E-state index is 10.1. The van der Waals surface area contributed by atoms with Gasteiger partial charge in [-0.15, -0.1) is 0 Å². The molecule has 0 saturated heterocycles. The zero-order valence-corrected chi connectivity index (χ0v) is 43.7. The Kier molecular flexibility index (Phi) is 20.0. The number of hydrogen-bond donors (Lipinski definition) is 5. The molecule has 13 rings (SSSR count). The van der Waals surface area contributed by atoms with Gasteiger partial charge in [0, 0.05) is 27.5 Å². The third kappa shape index (κ3) is 13.3. The van der Waals surface area contributed by atoms with Gasteiger partial charge in [0.25, 0.3) is 0 Å². The standard InChI is InChI=1S/2C15H16O.C15H14O.2C10H8O.2C2H6/c3*16-14-10-9-11-5-3-4-8-13(11)15(14)12-6-1-2-7-12;2*11-10-7-3-5-8-4-1-2-6-9(8)10;2*1-2/h2*3-5,8-10,12,16H,1-2,6-7H2;3-6,8-10,16H,1-2,7H2;2*1-7,11H;2*1-2H3. The van der Waals surface area contributed by atoms with Gasteiger partial charge in [-0.3, -0.25) is 0 Å². The average molecular weight is 983 g/mol. The van der Waals surface area contributed by atoms with Crippen LogP contribution >= 0.6 is 0 Å². The van der Waals surface area contributed by atoms with Crippen LogP contribution in [-0.2, 0) is 0 Å². The van der Waals surface area contributed by atoms with Crippen LogP contribution in [0.4, 0.5) is 0 Å². The normalized spacial score (nSPS) is 13.9. The fourth-order valence-electron chi connectivity index (χ4n) is 10.8. The third-order valence-corrected chi connectivity index (χ3v) is 14.2. The number of aromatic hydroxyl groups is 5. The van der Waals surface area contributed by atoms with E-state index in [2.05, 4.69) is 66.7 Å². The summed E-state index contributed by atoms with van der Waals surface area (Å²) in [5, 5.41) is 60.2. The predicted octanol–water partition coefficient (Wildman–Crippen LogP) is 19.7. The first-order valence-corrected chi connectivity index (χ1v) is 27.0. The van der Waals surface area contributed by atoms with Crippen LogP contribution in [0, 0.1) is 0 Å². The smallest absolute Gasteiger partial charge is 0.123 e. The Balaban J connectivity index is 0.000000134. The van der Waals surface area contributed by atoms with E-state index in [1.165, 1.54) is 101 Å². The number of phenols is 5. The molecule has 2 fully saturated rings. The van der Waals surface area contributed by atoms with E-state index in [-0.39, 0.29) is 0 Å². The number of fused-ring (bicyclic) bond motifs is 5. The van der Waals surface area contributed by atoms with Gasteiger partial charge in [-0.1, -0.05) is 223 Å². The van der Waals surface area contributed by atoms with E-state index in [9.17, 15) is 25.5 Å². The highest BCUT2D eigenvalue weighted by atomic mass is 16.3. The molecule has 2 saturated carbocycles. The summed E-state index contributed by atoms with van der Waals surface area (Å²) in [6.45, 7) is 8.00. The molecule has 0 aromatic heterocycles. The summed E-state index contributed by atoms with van der Waals surface area (Å²) in [6, 6.07) is 63.0. The SMILES string of the molecule is CC.CC.Oc1ccc2ccccc2c1C1=CCCC1.Oc1ccc2ccccc2c1C1CCCC1.Oc1ccc2ccccc2c1C1CCCC1.Oc1cccc2ccccc12.Oc1cccc2ccccc12. The quantitative estimate of drug-likeness (QED) is 0.121. The minimum atomic E-state index is 0.350. The molecule has 0 aliphatic heterocycles. The Morgan fingerprint density at radius 2 is 0.622 bits per heavy atom. The highest BCUT2D eigenvalue weighted by Gasteiger charge is 2.23. The number of phenolic OH excluding ortho intramolecular Hbond substituents is 5. The summed E-state index contributed by atoms with van der Waals surface area (Å²) in [7, 11) is 0. The number of benzene rings is 10. The van der Waals surface area contributed by atoms with Crippen LogP contribution in [0.3, 0.4) is 0 Å². The largest absolute Gasteiger partial charge is 0.508 e. The van der Waals surface area contributed by atoms with Crippen LogP contribution in [0.2, 0.25) is 0 Å². The van der Waals surface area contributed by atoms with Crippen LogP contribution in [0.5, 0.6) is 28.7 Å². The average Bonchev–Trinajstić information content (AvgIpc) is 4.30. The number of hydrogen-bond acceptors (Lipinski definition) is 5. The second-order valence-electron chi connectivity index (χ2n) is 18.7. The number of allylic oxidation sites excluding steroid dienone is 2. The lowest BCUT2D eigenvalue weighted by Crippen LogP contribution is -1.94. The van der Waals surface area contributed by atoms with Crippen molar-refractivity contribution in [2.24, 2.45) is 0 Å². The van der Waals surface area contributed by atoms with Crippen molar-refractivity contribution < 1.29 is 25.5 Å². The monoisotopic (exact) mass is 983 g/mol. The van der Waals surface area contributed by atoms with Crippen molar-refractivity contribution in [1.82, 2.24) is 0 Å². The van der Waals surface area contributed by atoms with Gasteiger partial charge in [-0.2, -0.15) is 0 Å². The molecule has 0 atom stereocenters. The van der Waals surface area contributed by atoms with Gasteiger partial charge in [0.15, 0.2) is 0 Å². The summed E-state index contributed by atoms with van der Waals surface area (Å²) in [4.78, 5) is 0. The van der Waals surface area contributed by atoms with Crippen molar-refractivity contribution in [2.45, 2.75) is 110 Å². The molecule has 0 heterocycles. The van der Waals surface area contributed by atoms with E-state index < -0.39 is 0 Å². The van der Waals surface area contributed by atoms with Crippen molar-refractivity contribution >= 4 is 59.4 Å². The van der Waals surface area contributed by atoms with Gasteiger partial charge < -0.3 is 25.5 Å². The minimum absolute atomic E-state index is 0.350. The van der Waals surface area contributed by atoms with Crippen molar-refractivity contribution in [1.29, 1.82) is 0 Å². The van der Waals surface area contributed by atoms with E-state index >= 15 is 0 Å². The minimum Gasteiger partial charge on any atom is -0.508 e. The zero-order chi connectivity index (χ0) is 52.2. The van der Waals surface area contributed by atoms with E-state index in [4.69, 9.17) is 0 Å². The fraction of sp³-hybridized carbons (Fsp3) is 0.246. The van der Waals surface area contributed by atoms with Crippen LogP contribution in [0.15, 0.2) is 200 Å². The highest BCUT2D eigenvalue weighted by molar-refractivity contribution is 5.97. The molecular formula is C69H74O5. The van der Waals surface area contributed by atoms with Crippen LogP contribution in [0.25, 0.3) is 59.4 Å². The molecule has 10 aromatic carbocycles. The van der Waals surface area contributed by atoms with Crippen LogP contribution in [0.1, 0.15) is 127 Å². The molecule has 380 valence electrons. The Morgan fingerprint density at radius 1 is 0.297 bits per heavy atom. The summed E-state index contributed by atoms with van der Waals surface area (Å²) in [5.41, 5.74) is 4.69. The van der Waals surface area contributed by atoms with Crippen molar-refractivity contribution in [2.75, 3.05) is 0 Å². The Hall–Kier alpha value is -7.76. The van der Waals surface area contributed by atoms with E-state index in [0.717, 1.165) is 45.3 Å². The van der Waals surface area contributed by atoms with Gasteiger partial charge in [0.05, 0.1) is 0 Å². The number of rotatable bonds is 3. The lowest BCUT2D eigenvalue weighted by atomic mass is 9.91. The molecule has 5 N–H and O–H groups in total. The predicted molar refractivity (Wildman–Crippen MR) is 315 cm³/mol.